The summed E-state index contributed by atoms with van der Waals surface area (Å²) in [6, 6.07) is 9.56. The fourth-order valence-electron chi connectivity index (χ4n) is 2.19. The Morgan fingerprint density at radius 1 is 1.20 bits per heavy atom. The number of nitrogens with zero attached hydrogens (tertiary/aromatic N) is 2. The zero-order valence-electron chi connectivity index (χ0n) is 10.5. The molecule has 2 aromatic heterocycles. The van der Waals surface area contributed by atoms with Crippen molar-refractivity contribution in [2.45, 2.75) is 18.8 Å². The molecule has 1 aliphatic rings. The molecular formula is C15H11FN2O2. The number of rotatable bonds is 3. The van der Waals surface area contributed by atoms with E-state index in [2.05, 4.69) is 10.1 Å². The van der Waals surface area contributed by atoms with Crippen LogP contribution in [0.5, 0.6) is 11.6 Å². The van der Waals surface area contributed by atoms with Gasteiger partial charge in [0.1, 0.15) is 11.6 Å². The molecule has 0 atom stereocenters. The smallest absolute Gasteiger partial charge is 0.261 e. The highest BCUT2D eigenvalue weighted by Crippen LogP contribution is 2.42. The van der Waals surface area contributed by atoms with Crippen LogP contribution in [-0.4, -0.2) is 10.1 Å². The van der Waals surface area contributed by atoms with Gasteiger partial charge in [0.15, 0.2) is 0 Å². The Balaban J connectivity index is 1.67. The summed E-state index contributed by atoms with van der Waals surface area (Å²) in [5.74, 6) is 0.924. The molecule has 0 spiro atoms. The summed E-state index contributed by atoms with van der Waals surface area (Å²) < 4.78 is 23.8. The lowest BCUT2D eigenvalue weighted by molar-refractivity contribution is 0.425. The summed E-state index contributed by atoms with van der Waals surface area (Å²) in [6.07, 6.45) is 2.31. The molecule has 5 heteroatoms. The monoisotopic (exact) mass is 270 g/mol. The van der Waals surface area contributed by atoms with Crippen LogP contribution in [0, 0.1) is 5.82 Å². The number of ether oxygens (including phenoxy) is 1. The maximum Gasteiger partial charge on any atom is 0.261 e. The third kappa shape index (κ3) is 2.01. The zero-order chi connectivity index (χ0) is 13.5. The van der Waals surface area contributed by atoms with Crippen LogP contribution in [0.1, 0.15) is 24.5 Å². The van der Waals surface area contributed by atoms with Crippen LogP contribution in [0.2, 0.25) is 0 Å². The molecule has 4 rings (SSSR count). The largest absolute Gasteiger partial charge is 0.439 e. The first-order chi connectivity index (χ1) is 9.79. The minimum atomic E-state index is -0.348. The Hall–Kier alpha value is -2.43. The van der Waals surface area contributed by atoms with Gasteiger partial charge in [0, 0.05) is 18.1 Å². The number of aromatic nitrogens is 2. The van der Waals surface area contributed by atoms with E-state index in [1.165, 1.54) is 12.1 Å². The lowest BCUT2D eigenvalue weighted by atomic mass is 10.2. The summed E-state index contributed by atoms with van der Waals surface area (Å²) in [4.78, 5) is 4.26. The topological polar surface area (TPSA) is 48.2 Å². The van der Waals surface area contributed by atoms with E-state index in [0.717, 1.165) is 23.9 Å². The van der Waals surface area contributed by atoms with E-state index >= 15 is 0 Å². The van der Waals surface area contributed by atoms with Crippen LogP contribution >= 0.6 is 0 Å². The van der Waals surface area contributed by atoms with Gasteiger partial charge in [-0.2, -0.15) is 4.98 Å². The van der Waals surface area contributed by atoms with Crippen molar-refractivity contribution in [2.75, 3.05) is 0 Å². The summed E-state index contributed by atoms with van der Waals surface area (Å²) in [6.45, 7) is 0. The second-order valence-corrected chi connectivity index (χ2v) is 4.90. The van der Waals surface area contributed by atoms with Gasteiger partial charge in [-0.3, -0.25) is 0 Å². The highest BCUT2D eigenvalue weighted by molar-refractivity contribution is 5.77. The van der Waals surface area contributed by atoms with Gasteiger partial charge in [-0.05, 0) is 31.0 Å². The van der Waals surface area contributed by atoms with Gasteiger partial charge in [-0.15, -0.1) is 0 Å². The van der Waals surface area contributed by atoms with Crippen molar-refractivity contribution in [2.24, 2.45) is 0 Å². The standard InChI is InChI=1S/C15H11FN2O2/c16-10-2-1-3-11(8-10)19-13-7-6-12-14(9-4-5-9)18-20-15(12)17-13/h1-3,6-9H,4-5H2. The SMILES string of the molecule is Fc1cccc(Oc2ccc3c(C4CC4)noc3n2)c1. The molecule has 1 fully saturated rings. The lowest BCUT2D eigenvalue weighted by Gasteiger charge is -2.03. The first-order valence-corrected chi connectivity index (χ1v) is 6.49. The highest BCUT2D eigenvalue weighted by atomic mass is 19.1. The van der Waals surface area contributed by atoms with Crippen molar-refractivity contribution in [3.63, 3.8) is 0 Å². The molecule has 1 aromatic carbocycles. The molecule has 1 aliphatic carbocycles. The first-order valence-electron chi connectivity index (χ1n) is 6.49. The van der Waals surface area contributed by atoms with Crippen molar-refractivity contribution in [3.05, 3.63) is 47.9 Å². The molecule has 0 bridgehead atoms. The van der Waals surface area contributed by atoms with E-state index in [9.17, 15) is 4.39 Å². The van der Waals surface area contributed by atoms with Crippen molar-refractivity contribution in [1.82, 2.24) is 10.1 Å². The lowest BCUT2D eigenvalue weighted by Crippen LogP contribution is -1.88. The van der Waals surface area contributed by atoms with Crippen LogP contribution < -0.4 is 4.74 Å². The Morgan fingerprint density at radius 3 is 2.90 bits per heavy atom. The first kappa shape index (κ1) is 11.4. The maximum atomic E-state index is 13.1. The van der Waals surface area contributed by atoms with Gasteiger partial charge in [-0.25, -0.2) is 4.39 Å². The minimum absolute atomic E-state index is 0.348. The Morgan fingerprint density at radius 2 is 2.10 bits per heavy atom. The molecule has 0 amide bonds. The molecule has 0 N–H and O–H groups in total. The van der Waals surface area contributed by atoms with Crippen LogP contribution in [-0.2, 0) is 0 Å². The molecule has 0 aliphatic heterocycles. The number of hydrogen-bond acceptors (Lipinski definition) is 4. The average molecular weight is 270 g/mol. The van der Waals surface area contributed by atoms with Crippen molar-refractivity contribution in [3.8, 4) is 11.6 Å². The molecule has 0 radical (unpaired) electrons. The average Bonchev–Trinajstić information content (AvgIpc) is 3.19. The van der Waals surface area contributed by atoms with Gasteiger partial charge in [-0.1, -0.05) is 11.2 Å². The van der Waals surface area contributed by atoms with Crippen LogP contribution in [0.3, 0.4) is 0 Å². The van der Waals surface area contributed by atoms with Crippen LogP contribution in [0.15, 0.2) is 40.9 Å². The summed E-state index contributed by atoms with van der Waals surface area (Å²) in [7, 11) is 0. The second kappa shape index (κ2) is 4.30. The molecule has 0 saturated heterocycles. The van der Waals surface area contributed by atoms with Gasteiger partial charge < -0.3 is 9.26 Å². The van der Waals surface area contributed by atoms with Gasteiger partial charge in [0.05, 0.1) is 11.1 Å². The van der Waals surface area contributed by atoms with E-state index in [1.54, 1.807) is 18.2 Å². The third-order valence-corrected chi connectivity index (χ3v) is 3.32. The minimum Gasteiger partial charge on any atom is -0.439 e. The van der Waals surface area contributed by atoms with E-state index in [-0.39, 0.29) is 5.82 Å². The number of halogens is 1. The summed E-state index contributed by atoms with van der Waals surface area (Å²) >= 11 is 0. The number of fused-ring (bicyclic) bond motifs is 1. The normalized spacial score (nSPS) is 14.7. The number of hydrogen-bond donors (Lipinski definition) is 0. The van der Waals surface area contributed by atoms with E-state index in [4.69, 9.17) is 9.26 Å². The molecule has 4 nitrogen and oxygen atoms in total. The van der Waals surface area contributed by atoms with Crippen LogP contribution in [0.4, 0.5) is 4.39 Å². The molecule has 2 heterocycles. The van der Waals surface area contributed by atoms with Gasteiger partial charge in [0.25, 0.3) is 5.71 Å². The van der Waals surface area contributed by atoms with E-state index in [1.807, 2.05) is 6.07 Å². The predicted molar refractivity (Wildman–Crippen MR) is 70.3 cm³/mol. The maximum absolute atomic E-state index is 13.1. The van der Waals surface area contributed by atoms with Gasteiger partial charge >= 0.3 is 0 Å². The fraction of sp³-hybridized carbons (Fsp3) is 0.200. The molecule has 20 heavy (non-hydrogen) atoms. The summed E-state index contributed by atoms with van der Waals surface area (Å²) in [5.41, 5.74) is 1.44. The van der Waals surface area contributed by atoms with Crippen LogP contribution in [0.25, 0.3) is 11.1 Å². The molecule has 3 aromatic rings. The highest BCUT2D eigenvalue weighted by Gasteiger charge is 2.29. The fourth-order valence-corrected chi connectivity index (χ4v) is 2.19. The van der Waals surface area contributed by atoms with E-state index < -0.39 is 0 Å². The zero-order valence-corrected chi connectivity index (χ0v) is 10.5. The molecule has 100 valence electrons. The Kier molecular flexibility index (Phi) is 2.45. The van der Waals surface area contributed by atoms with E-state index in [0.29, 0.717) is 23.3 Å². The predicted octanol–water partition coefficient (Wildman–Crippen LogP) is 4.03. The molecule has 0 unspecified atom stereocenters. The third-order valence-electron chi connectivity index (χ3n) is 3.32. The Labute approximate surface area is 114 Å². The summed E-state index contributed by atoms with van der Waals surface area (Å²) in [5, 5.41) is 5.00. The van der Waals surface area contributed by atoms with Crippen molar-refractivity contribution < 1.29 is 13.7 Å². The quantitative estimate of drug-likeness (QED) is 0.720. The van der Waals surface area contributed by atoms with Crippen molar-refractivity contribution >= 4 is 11.1 Å². The number of pyridine rings is 1. The second-order valence-electron chi connectivity index (χ2n) is 4.90. The molecule has 1 saturated carbocycles. The Bertz CT molecular complexity index is 780. The van der Waals surface area contributed by atoms with Gasteiger partial charge in [0.2, 0.25) is 5.88 Å². The number of benzene rings is 1. The van der Waals surface area contributed by atoms with Crippen molar-refractivity contribution in [1.29, 1.82) is 0 Å². The molecular weight excluding hydrogens is 259 g/mol.